The third kappa shape index (κ3) is 3.91. The van der Waals surface area contributed by atoms with Gasteiger partial charge in [-0.1, -0.05) is 61.7 Å². The van der Waals surface area contributed by atoms with E-state index in [-0.39, 0.29) is 0 Å². The van der Waals surface area contributed by atoms with Gasteiger partial charge in [0.25, 0.3) is 0 Å². The molecule has 2 aromatic rings. The molecule has 0 amide bonds. The van der Waals surface area contributed by atoms with Crippen molar-refractivity contribution in [2.75, 3.05) is 6.61 Å². The van der Waals surface area contributed by atoms with E-state index in [4.69, 9.17) is 4.74 Å². The van der Waals surface area contributed by atoms with Crippen molar-refractivity contribution in [1.82, 2.24) is 0 Å². The monoisotopic (exact) mass is 294 g/mol. The van der Waals surface area contributed by atoms with E-state index in [1.807, 2.05) is 0 Å². The van der Waals surface area contributed by atoms with Crippen LogP contribution in [0.2, 0.25) is 0 Å². The Labute approximate surface area is 134 Å². The molecule has 0 unspecified atom stereocenters. The van der Waals surface area contributed by atoms with Crippen LogP contribution in [0.25, 0.3) is 11.1 Å². The van der Waals surface area contributed by atoms with Gasteiger partial charge in [0.15, 0.2) is 0 Å². The van der Waals surface area contributed by atoms with Gasteiger partial charge >= 0.3 is 0 Å². The summed E-state index contributed by atoms with van der Waals surface area (Å²) in [7, 11) is 0. The van der Waals surface area contributed by atoms with Crippen LogP contribution in [0.5, 0.6) is 5.75 Å². The molecule has 3 rings (SSSR count). The van der Waals surface area contributed by atoms with E-state index < -0.39 is 0 Å². The Kier molecular flexibility index (Phi) is 4.82. The molecule has 2 aromatic carbocycles. The van der Waals surface area contributed by atoms with Gasteiger partial charge in [0.05, 0.1) is 6.61 Å². The molecule has 0 spiro atoms. The molecule has 1 aliphatic rings. The second-order valence-corrected chi connectivity index (χ2v) is 6.83. The third-order valence-electron chi connectivity index (χ3n) is 4.86. The molecule has 0 bridgehead atoms. The fourth-order valence-corrected chi connectivity index (χ4v) is 3.20. The molecule has 0 aromatic heterocycles. The van der Waals surface area contributed by atoms with Crippen LogP contribution in [0.3, 0.4) is 0 Å². The van der Waals surface area contributed by atoms with E-state index in [1.54, 1.807) is 0 Å². The molecule has 116 valence electrons. The van der Waals surface area contributed by atoms with Gasteiger partial charge in [-0.3, -0.25) is 0 Å². The summed E-state index contributed by atoms with van der Waals surface area (Å²) < 4.78 is 5.99. The highest BCUT2D eigenvalue weighted by atomic mass is 16.5. The number of hydrogen-bond donors (Lipinski definition) is 0. The second-order valence-electron chi connectivity index (χ2n) is 6.83. The minimum atomic E-state index is 0.743. The summed E-state index contributed by atoms with van der Waals surface area (Å²) in [5, 5.41) is 0. The van der Waals surface area contributed by atoms with Gasteiger partial charge in [-0.05, 0) is 54.9 Å². The Morgan fingerprint density at radius 3 is 1.95 bits per heavy atom. The third-order valence-corrected chi connectivity index (χ3v) is 4.86. The first-order chi connectivity index (χ1) is 10.7. The van der Waals surface area contributed by atoms with Gasteiger partial charge < -0.3 is 4.74 Å². The zero-order valence-electron chi connectivity index (χ0n) is 13.7. The van der Waals surface area contributed by atoms with Crippen molar-refractivity contribution in [2.24, 2.45) is 11.8 Å². The SMILES string of the molecule is Cc1ccc(-c2ccc(OCC3CCC(C)CC3)cc2)cc1. The number of aryl methyl sites for hydroxylation is 1. The summed E-state index contributed by atoms with van der Waals surface area (Å²) in [4.78, 5) is 0. The Hall–Kier alpha value is -1.76. The maximum atomic E-state index is 5.99. The minimum Gasteiger partial charge on any atom is -0.493 e. The first-order valence-electron chi connectivity index (χ1n) is 8.50. The summed E-state index contributed by atoms with van der Waals surface area (Å²) in [6, 6.07) is 17.2. The zero-order valence-corrected chi connectivity index (χ0v) is 13.7. The van der Waals surface area contributed by atoms with Gasteiger partial charge in [0, 0.05) is 0 Å². The normalized spacial score (nSPS) is 21.5. The lowest BCUT2D eigenvalue weighted by atomic mass is 9.83. The minimum absolute atomic E-state index is 0.743. The first-order valence-corrected chi connectivity index (χ1v) is 8.50. The molecular formula is C21H26O. The van der Waals surface area contributed by atoms with Crippen molar-refractivity contribution in [1.29, 1.82) is 0 Å². The van der Waals surface area contributed by atoms with E-state index >= 15 is 0 Å². The molecule has 0 heterocycles. The maximum Gasteiger partial charge on any atom is 0.119 e. The first kappa shape index (κ1) is 15.1. The standard InChI is InChI=1S/C21H26O/c1-16-3-7-18(8-4-16)15-22-21-13-11-20(12-14-21)19-9-5-17(2)6-10-19/h5-6,9-14,16,18H,3-4,7-8,15H2,1-2H3. The average Bonchev–Trinajstić information content (AvgIpc) is 2.56. The fraction of sp³-hybridized carbons (Fsp3) is 0.429. The van der Waals surface area contributed by atoms with Crippen molar-refractivity contribution in [3.8, 4) is 16.9 Å². The van der Waals surface area contributed by atoms with Gasteiger partial charge in [0.1, 0.15) is 5.75 Å². The molecule has 1 fully saturated rings. The van der Waals surface area contributed by atoms with Crippen LogP contribution in [-0.4, -0.2) is 6.61 Å². The summed E-state index contributed by atoms with van der Waals surface area (Å²) in [6.45, 7) is 5.35. The Bertz CT molecular complexity index is 574. The van der Waals surface area contributed by atoms with Crippen LogP contribution >= 0.6 is 0 Å². The van der Waals surface area contributed by atoms with Crippen molar-refractivity contribution >= 4 is 0 Å². The molecule has 1 heteroatoms. The number of benzene rings is 2. The van der Waals surface area contributed by atoms with Crippen molar-refractivity contribution in [3.05, 3.63) is 54.1 Å². The number of hydrogen-bond acceptors (Lipinski definition) is 1. The number of ether oxygens (including phenoxy) is 1. The lowest BCUT2D eigenvalue weighted by Gasteiger charge is -2.26. The van der Waals surface area contributed by atoms with E-state index in [9.17, 15) is 0 Å². The van der Waals surface area contributed by atoms with E-state index in [0.717, 1.165) is 24.2 Å². The molecular weight excluding hydrogens is 268 g/mol. The topological polar surface area (TPSA) is 9.23 Å². The van der Waals surface area contributed by atoms with Gasteiger partial charge in [-0.25, -0.2) is 0 Å². The Morgan fingerprint density at radius 2 is 1.36 bits per heavy atom. The molecule has 1 saturated carbocycles. The summed E-state index contributed by atoms with van der Waals surface area (Å²) in [5.41, 5.74) is 3.81. The summed E-state index contributed by atoms with van der Waals surface area (Å²) >= 11 is 0. The van der Waals surface area contributed by atoms with Crippen LogP contribution in [0.1, 0.15) is 38.2 Å². The highest BCUT2D eigenvalue weighted by molar-refractivity contribution is 5.64. The average molecular weight is 294 g/mol. The Balaban J connectivity index is 1.56. The predicted octanol–water partition coefficient (Wildman–Crippen LogP) is 5.87. The van der Waals surface area contributed by atoms with Crippen LogP contribution in [0.4, 0.5) is 0 Å². The van der Waals surface area contributed by atoms with Crippen molar-refractivity contribution < 1.29 is 4.74 Å². The van der Waals surface area contributed by atoms with Crippen molar-refractivity contribution in [3.63, 3.8) is 0 Å². The molecule has 0 atom stereocenters. The van der Waals surface area contributed by atoms with Crippen LogP contribution in [-0.2, 0) is 0 Å². The van der Waals surface area contributed by atoms with E-state index in [2.05, 4.69) is 62.4 Å². The molecule has 0 aliphatic heterocycles. The zero-order chi connectivity index (χ0) is 15.4. The molecule has 0 saturated heterocycles. The molecule has 1 nitrogen and oxygen atoms in total. The van der Waals surface area contributed by atoms with Crippen LogP contribution in [0, 0.1) is 18.8 Å². The highest BCUT2D eigenvalue weighted by Gasteiger charge is 2.18. The lowest BCUT2D eigenvalue weighted by molar-refractivity contribution is 0.188. The van der Waals surface area contributed by atoms with Crippen LogP contribution < -0.4 is 4.74 Å². The largest absolute Gasteiger partial charge is 0.493 e. The predicted molar refractivity (Wildman–Crippen MR) is 93.2 cm³/mol. The molecule has 0 radical (unpaired) electrons. The van der Waals surface area contributed by atoms with E-state index in [0.29, 0.717) is 0 Å². The smallest absolute Gasteiger partial charge is 0.119 e. The molecule has 1 aliphatic carbocycles. The summed E-state index contributed by atoms with van der Waals surface area (Å²) in [6.07, 6.45) is 5.37. The highest BCUT2D eigenvalue weighted by Crippen LogP contribution is 2.29. The van der Waals surface area contributed by atoms with Gasteiger partial charge in [0.2, 0.25) is 0 Å². The summed E-state index contributed by atoms with van der Waals surface area (Å²) in [5.74, 6) is 2.65. The maximum absolute atomic E-state index is 5.99. The number of rotatable bonds is 4. The molecule has 0 N–H and O–H groups in total. The van der Waals surface area contributed by atoms with E-state index in [1.165, 1.54) is 42.4 Å². The molecule has 22 heavy (non-hydrogen) atoms. The second kappa shape index (κ2) is 7.00. The Morgan fingerprint density at radius 1 is 0.818 bits per heavy atom. The fourth-order valence-electron chi connectivity index (χ4n) is 3.20. The quantitative estimate of drug-likeness (QED) is 0.685. The van der Waals surface area contributed by atoms with Crippen LogP contribution in [0.15, 0.2) is 48.5 Å². The van der Waals surface area contributed by atoms with Gasteiger partial charge in [-0.2, -0.15) is 0 Å². The van der Waals surface area contributed by atoms with Crippen molar-refractivity contribution in [2.45, 2.75) is 39.5 Å². The van der Waals surface area contributed by atoms with Gasteiger partial charge in [-0.15, -0.1) is 0 Å². The lowest BCUT2D eigenvalue weighted by Crippen LogP contribution is -2.18.